The molecule has 1 aromatic rings. The van der Waals surface area contributed by atoms with E-state index in [4.69, 9.17) is 5.73 Å². The van der Waals surface area contributed by atoms with Gasteiger partial charge in [0.25, 0.3) is 0 Å². The van der Waals surface area contributed by atoms with E-state index in [9.17, 15) is 4.39 Å². The van der Waals surface area contributed by atoms with E-state index >= 15 is 0 Å². The second-order valence-corrected chi connectivity index (χ2v) is 5.70. The Balaban J connectivity index is 2.00. The van der Waals surface area contributed by atoms with Gasteiger partial charge in [0.1, 0.15) is 5.82 Å². The lowest BCUT2D eigenvalue weighted by Crippen LogP contribution is -2.21. The minimum absolute atomic E-state index is 0.174. The monoisotopic (exact) mass is 250 g/mol. The minimum atomic E-state index is -0.174. The number of benzene rings is 1. The predicted molar refractivity (Wildman–Crippen MR) is 72.5 cm³/mol. The Morgan fingerprint density at radius 1 is 1.33 bits per heavy atom. The molecule has 3 heteroatoms. The summed E-state index contributed by atoms with van der Waals surface area (Å²) in [5, 5.41) is 0. The van der Waals surface area contributed by atoms with Gasteiger partial charge in [-0.1, -0.05) is 19.9 Å². The summed E-state index contributed by atoms with van der Waals surface area (Å²) in [6.07, 6.45) is 1.26. The zero-order valence-electron chi connectivity index (χ0n) is 11.3. The average Bonchev–Trinajstić information content (AvgIpc) is 2.76. The lowest BCUT2D eigenvalue weighted by atomic mass is 9.95. The zero-order valence-corrected chi connectivity index (χ0v) is 11.3. The highest BCUT2D eigenvalue weighted by Crippen LogP contribution is 2.25. The Hall–Kier alpha value is -0.930. The van der Waals surface area contributed by atoms with Crippen LogP contribution < -0.4 is 5.73 Å². The molecule has 2 rings (SSSR count). The Kier molecular flexibility index (Phi) is 4.36. The van der Waals surface area contributed by atoms with Crippen molar-refractivity contribution in [2.75, 3.05) is 13.1 Å². The fourth-order valence-corrected chi connectivity index (χ4v) is 2.74. The normalized spacial score (nSPS) is 20.8. The largest absolute Gasteiger partial charge is 0.326 e. The fourth-order valence-electron chi connectivity index (χ4n) is 2.74. The van der Waals surface area contributed by atoms with Crippen molar-refractivity contribution in [1.29, 1.82) is 0 Å². The first-order chi connectivity index (χ1) is 8.58. The van der Waals surface area contributed by atoms with Gasteiger partial charge < -0.3 is 5.73 Å². The molecule has 1 unspecified atom stereocenters. The standard InChI is InChI=1S/C15H23FN2/c1-11(2)14-3-4-18(10-14)9-13-5-12(8-17)6-15(16)7-13/h5-7,11,14H,3-4,8-10,17H2,1-2H3. The third-order valence-corrected chi connectivity index (χ3v) is 3.91. The predicted octanol–water partition coefficient (Wildman–Crippen LogP) is 2.76. The summed E-state index contributed by atoms with van der Waals surface area (Å²) in [6.45, 7) is 8.06. The van der Waals surface area contributed by atoms with Gasteiger partial charge in [-0.05, 0) is 48.1 Å². The molecule has 0 spiro atoms. The van der Waals surface area contributed by atoms with Gasteiger partial charge in [-0.15, -0.1) is 0 Å². The van der Waals surface area contributed by atoms with Gasteiger partial charge in [0.05, 0.1) is 0 Å². The van der Waals surface area contributed by atoms with E-state index in [-0.39, 0.29) is 5.82 Å². The van der Waals surface area contributed by atoms with Crippen molar-refractivity contribution in [3.63, 3.8) is 0 Å². The summed E-state index contributed by atoms with van der Waals surface area (Å²) in [6, 6.07) is 5.16. The summed E-state index contributed by atoms with van der Waals surface area (Å²) < 4.78 is 13.4. The Morgan fingerprint density at radius 3 is 2.67 bits per heavy atom. The Bertz CT molecular complexity index is 403. The van der Waals surface area contributed by atoms with Crippen LogP contribution in [0.5, 0.6) is 0 Å². The van der Waals surface area contributed by atoms with Crippen LogP contribution in [-0.2, 0) is 13.1 Å². The van der Waals surface area contributed by atoms with Crippen LogP contribution in [0.25, 0.3) is 0 Å². The van der Waals surface area contributed by atoms with E-state index in [1.807, 2.05) is 6.07 Å². The van der Waals surface area contributed by atoms with Crippen molar-refractivity contribution in [1.82, 2.24) is 4.90 Å². The van der Waals surface area contributed by atoms with Crippen molar-refractivity contribution in [2.24, 2.45) is 17.6 Å². The van der Waals surface area contributed by atoms with Crippen LogP contribution in [0.2, 0.25) is 0 Å². The van der Waals surface area contributed by atoms with Crippen molar-refractivity contribution in [2.45, 2.75) is 33.4 Å². The molecule has 1 aromatic carbocycles. The van der Waals surface area contributed by atoms with E-state index in [2.05, 4.69) is 18.7 Å². The molecule has 1 fully saturated rings. The summed E-state index contributed by atoms with van der Waals surface area (Å²) in [5.41, 5.74) is 7.50. The van der Waals surface area contributed by atoms with E-state index in [0.29, 0.717) is 6.54 Å². The maximum absolute atomic E-state index is 13.4. The van der Waals surface area contributed by atoms with Gasteiger partial charge in [0.15, 0.2) is 0 Å². The van der Waals surface area contributed by atoms with E-state index in [1.54, 1.807) is 6.07 Å². The number of likely N-dealkylation sites (tertiary alicyclic amines) is 1. The molecule has 2 N–H and O–H groups in total. The molecule has 1 saturated heterocycles. The number of nitrogens with zero attached hydrogens (tertiary/aromatic N) is 1. The zero-order chi connectivity index (χ0) is 13.1. The molecule has 1 aliphatic rings. The number of hydrogen-bond donors (Lipinski definition) is 1. The highest BCUT2D eigenvalue weighted by molar-refractivity contribution is 5.24. The van der Waals surface area contributed by atoms with Crippen LogP contribution in [0.4, 0.5) is 4.39 Å². The van der Waals surface area contributed by atoms with Crippen molar-refractivity contribution >= 4 is 0 Å². The van der Waals surface area contributed by atoms with Crippen LogP contribution in [0.15, 0.2) is 18.2 Å². The molecule has 100 valence electrons. The molecule has 0 amide bonds. The SMILES string of the molecule is CC(C)C1CCN(Cc2cc(F)cc(CN)c2)C1. The molecule has 0 bridgehead atoms. The van der Waals surface area contributed by atoms with Gasteiger partial charge in [0, 0.05) is 19.6 Å². The van der Waals surface area contributed by atoms with Crippen molar-refractivity contribution in [3.8, 4) is 0 Å². The van der Waals surface area contributed by atoms with E-state index in [1.165, 1.54) is 12.5 Å². The molecule has 0 saturated carbocycles. The van der Waals surface area contributed by atoms with Crippen LogP contribution >= 0.6 is 0 Å². The minimum Gasteiger partial charge on any atom is -0.326 e. The molecule has 18 heavy (non-hydrogen) atoms. The quantitative estimate of drug-likeness (QED) is 0.890. The number of rotatable bonds is 4. The van der Waals surface area contributed by atoms with Crippen LogP contribution in [0.1, 0.15) is 31.4 Å². The first-order valence-corrected chi connectivity index (χ1v) is 6.79. The molecule has 1 heterocycles. The third-order valence-electron chi connectivity index (χ3n) is 3.91. The average molecular weight is 250 g/mol. The lowest BCUT2D eigenvalue weighted by molar-refractivity contribution is 0.296. The van der Waals surface area contributed by atoms with Gasteiger partial charge in [-0.3, -0.25) is 4.90 Å². The summed E-state index contributed by atoms with van der Waals surface area (Å²) >= 11 is 0. The van der Waals surface area contributed by atoms with Gasteiger partial charge >= 0.3 is 0 Å². The molecule has 1 aliphatic heterocycles. The Labute approximate surface area is 109 Å². The second-order valence-electron chi connectivity index (χ2n) is 5.70. The lowest BCUT2D eigenvalue weighted by Gasteiger charge is -2.18. The Morgan fingerprint density at radius 2 is 2.06 bits per heavy atom. The van der Waals surface area contributed by atoms with E-state index < -0.39 is 0 Å². The third kappa shape index (κ3) is 3.30. The van der Waals surface area contributed by atoms with E-state index in [0.717, 1.165) is 42.6 Å². The van der Waals surface area contributed by atoms with Crippen LogP contribution in [-0.4, -0.2) is 18.0 Å². The smallest absolute Gasteiger partial charge is 0.123 e. The highest BCUT2D eigenvalue weighted by Gasteiger charge is 2.24. The molecule has 0 aromatic heterocycles. The molecular weight excluding hydrogens is 227 g/mol. The summed E-state index contributed by atoms with van der Waals surface area (Å²) in [7, 11) is 0. The fraction of sp³-hybridized carbons (Fsp3) is 0.600. The number of nitrogens with two attached hydrogens (primary N) is 1. The van der Waals surface area contributed by atoms with Crippen LogP contribution in [0.3, 0.4) is 0 Å². The molecular formula is C15H23FN2. The van der Waals surface area contributed by atoms with Crippen LogP contribution in [0, 0.1) is 17.7 Å². The highest BCUT2D eigenvalue weighted by atomic mass is 19.1. The maximum Gasteiger partial charge on any atom is 0.123 e. The number of hydrogen-bond acceptors (Lipinski definition) is 2. The second kappa shape index (κ2) is 5.81. The summed E-state index contributed by atoms with van der Waals surface area (Å²) in [5.74, 6) is 1.35. The van der Waals surface area contributed by atoms with Gasteiger partial charge in [-0.2, -0.15) is 0 Å². The first-order valence-electron chi connectivity index (χ1n) is 6.79. The first kappa shape index (κ1) is 13.5. The molecule has 0 aliphatic carbocycles. The number of halogens is 1. The molecule has 0 radical (unpaired) electrons. The van der Waals surface area contributed by atoms with Gasteiger partial charge in [0.2, 0.25) is 0 Å². The van der Waals surface area contributed by atoms with Crippen molar-refractivity contribution < 1.29 is 4.39 Å². The topological polar surface area (TPSA) is 29.3 Å². The summed E-state index contributed by atoms with van der Waals surface area (Å²) in [4.78, 5) is 2.42. The van der Waals surface area contributed by atoms with Crippen molar-refractivity contribution in [3.05, 3.63) is 35.1 Å². The van der Waals surface area contributed by atoms with Gasteiger partial charge in [-0.25, -0.2) is 4.39 Å². The maximum atomic E-state index is 13.4. The molecule has 2 nitrogen and oxygen atoms in total. The molecule has 1 atom stereocenters.